The second kappa shape index (κ2) is 10.5. The highest BCUT2D eigenvalue weighted by atomic mass is 35.5. The Balaban J connectivity index is 1.73. The smallest absolute Gasteiger partial charge is 0.255 e. The molecule has 1 aromatic carbocycles. The maximum absolute atomic E-state index is 13.3. The third-order valence-corrected chi connectivity index (χ3v) is 6.93. The third kappa shape index (κ3) is 5.68. The number of aromatic nitrogens is 1. The number of rotatable bonds is 7. The van der Waals surface area contributed by atoms with Crippen molar-refractivity contribution >= 4 is 46.8 Å². The van der Waals surface area contributed by atoms with E-state index in [0.717, 1.165) is 12.1 Å². The molecule has 30 heavy (non-hydrogen) atoms. The van der Waals surface area contributed by atoms with Crippen LogP contribution in [0.25, 0.3) is 0 Å². The number of nitrogens with zero attached hydrogens (tertiary/aromatic N) is 2. The topological polar surface area (TPSA) is 62.3 Å². The summed E-state index contributed by atoms with van der Waals surface area (Å²) in [6.07, 6.45) is 3.19. The summed E-state index contributed by atoms with van der Waals surface area (Å²) >= 11 is 13.8. The van der Waals surface area contributed by atoms with Crippen molar-refractivity contribution in [2.24, 2.45) is 5.92 Å². The van der Waals surface area contributed by atoms with Crippen LogP contribution in [0.2, 0.25) is 10.0 Å². The molecule has 0 bridgehead atoms. The zero-order valence-corrected chi connectivity index (χ0v) is 19.3. The average Bonchev–Trinajstić information content (AvgIpc) is 3.13. The minimum atomic E-state index is -0.524. The Hall–Kier alpha value is -1.76. The van der Waals surface area contributed by atoms with Crippen LogP contribution in [0.5, 0.6) is 0 Å². The monoisotopic (exact) mass is 465 g/mol. The van der Waals surface area contributed by atoms with E-state index in [2.05, 4.69) is 24.1 Å². The molecule has 2 amide bonds. The Morgan fingerprint density at radius 3 is 2.70 bits per heavy atom. The molecule has 1 N–H and O–H groups in total. The molecule has 0 saturated carbocycles. The summed E-state index contributed by atoms with van der Waals surface area (Å²) in [7, 11) is 0. The van der Waals surface area contributed by atoms with E-state index < -0.39 is 6.04 Å². The van der Waals surface area contributed by atoms with E-state index in [1.54, 1.807) is 41.1 Å². The van der Waals surface area contributed by atoms with Crippen LogP contribution in [-0.4, -0.2) is 45.4 Å². The van der Waals surface area contributed by atoms with Crippen LogP contribution < -0.4 is 5.32 Å². The summed E-state index contributed by atoms with van der Waals surface area (Å²) < 4.78 is 0. The van der Waals surface area contributed by atoms with Crippen LogP contribution in [-0.2, 0) is 11.2 Å². The van der Waals surface area contributed by atoms with Crippen LogP contribution in [0.3, 0.4) is 0 Å². The number of benzene rings is 1. The van der Waals surface area contributed by atoms with Gasteiger partial charge in [0.05, 0.1) is 15.4 Å². The van der Waals surface area contributed by atoms with Crippen molar-refractivity contribution in [2.45, 2.75) is 38.1 Å². The highest BCUT2D eigenvalue weighted by Gasteiger charge is 2.41. The average molecular weight is 466 g/mol. The van der Waals surface area contributed by atoms with Gasteiger partial charge >= 0.3 is 0 Å². The fraction of sp³-hybridized carbons (Fsp3) is 0.409. The predicted molar refractivity (Wildman–Crippen MR) is 123 cm³/mol. The summed E-state index contributed by atoms with van der Waals surface area (Å²) in [5.41, 5.74) is 1.35. The first kappa shape index (κ1) is 22.9. The lowest BCUT2D eigenvalue weighted by Gasteiger charge is -2.30. The molecule has 1 aromatic heterocycles. The van der Waals surface area contributed by atoms with Gasteiger partial charge in [-0.05, 0) is 42.7 Å². The first-order valence-corrected chi connectivity index (χ1v) is 11.7. The van der Waals surface area contributed by atoms with Gasteiger partial charge in [0.1, 0.15) is 6.04 Å². The van der Waals surface area contributed by atoms with Gasteiger partial charge in [0.2, 0.25) is 5.91 Å². The van der Waals surface area contributed by atoms with Gasteiger partial charge in [-0.2, -0.15) is 0 Å². The summed E-state index contributed by atoms with van der Waals surface area (Å²) in [4.78, 5) is 32.3. The number of thioether (sulfide) groups is 1. The summed E-state index contributed by atoms with van der Waals surface area (Å²) in [6, 6.07) is 10.0. The minimum absolute atomic E-state index is 0.0570. The molecule has 5 nitrogen and oxygen atoms in total. The third-order valence-electron chi connectivity index (χ3n) is 4.88. The fourth-order valence-corrected chi connectivity index (χ4v) is 5.32. The van der Waals surface area contributed by atoms with E-state index in [-0.39, 0.29) is 17.2 Å². The van der Waals surface area contributed by atoms with Crippen LogP contribution in [0.4, 0.5) is 0 Å². The second-order valence-electron chi connectivity index (χ2n) is 7.64. The first-order valence-electron chi connectivity index (χ1n) is 9.93. The quantitative estimate of drug-likeness (QED) is 0.644. The van der Waals surface area contributed by atoms with Crippen LogP contribution in [0, 0.1) is 5.92 Å². The summed E-state index contributed by atoms with van der Waals surface area (Å²) in [6.45, 7) is 4.70. The number of nitrogens with one attached hydrogen (secondary N) is 1. The van der Waals surface area contributed by atoms with Crippen molar-refractivity contribution in [2.75, 3.05) is 12.3 Å². The van der Waals surface area contributed by atoms with Crippen molar-refractivity contribution in [3.8, 4) is 0 Å². The summed E-state index contributed by atoms with van der Waals surface area (Å²) in [5, 5.41) is 3.63. The molecule has 0 radical (unpaired) electrons. The largest absolute Gasteiger partial charge is 0.354 e. The van der Waals surface area contributed by atoms with Crippen LogP contribution >= 0.6 is 35.0 Å². The van der Waals surface area contributed by atoms with E-state index in [1.165, 1.54) is 0 Å². The van der Waals surface area contributed by atoms with E-state index in [0.29, 0.717) is 40.2 Å². The van der Waals surface area contributed by atoms with Crippen LogP contribution in [0.15, 0.2) is 42.6 Å². The highest BCUT2D eigenvalue weighted by molar-refractivity contribution is 8.00. The number of pyridine rings is 1. The van der Waals surface area contributed by atoms with Gasteiger partial charge in [-0.15, -0.1) is 11.8 Å². The van der Waals surface area contributed by atoms with Gasteiger partial charge in [0, 0.05) is 36.2 Å². The Morgan fingerprint density at radius 1 is 1.23 bits per heavy atom. The van der Waals surface area contributed by atoms with E-state index in [4.69, 9.17) is 23.2 Å². The molecule has 160 valence electrons. The maximum atomic E-state index is 13.3. The normalized spacial score (nSPS) is 18.6. The van der Waals surface area contributed by atoms with Crippen molar-refractivity contribution in [1.82, 2.24) is 15.2 Å². The number of carbonyl (C=O) groups excluding carboxylic acids is 2. The van der Waals surface area contributed by atoms with Crippen molar-refractivity contribution in [1.29, 1.82) is 0 Å². The molecule has 0 aliphatic carbocycles. The van der Waals surface area contributed by atoms with Gasteiger partial charge in [-0.3, -0.25) is 14.6 Å². The number of carbonyl (C=O) groups is 2. The molecule has 1 aliphatic rings. The van der Waals surface area contributed by atoms with E-state index in [1.807, 2.05) is 18.2 Å². The Kier molecular flexibility index (Phi) is 8.03. The van der Waals surface area contributed by atoms with Gasteiger partial charge in [-0.25, -0.2) is 0 Å². The lowest BCUT2D eigenvalue weighted by atomic mass is 10.1. The zero-order chi connectivity index (χ0) is 21.7. The molecule has 0 spiro atoms. The molecule has 8 heteroatoms. The van der Waals surface area contributed by atoms with Crippen LogP contribution in [0.1, 0.15) is 36.3 Å². The van der Waals surface area contributed by atoms with Gasteiger partial charge in [0.15, 0.2) is 0 Å². The molecule has 3 rings (SSSR count). The Labute approximate surface area is 191 Å². The lowest BCUT2D eigenvalue weighted by Crippen LogP contribution is -2.50. The Morgan fingerprint density at radius 2 is 2.03 bits per heavy atom. The predicted octanol–water partition coefficient (Wildman–Crippen LogP) is 4.68. The molecule has 2 atom stereocenters. The first-order chi connectivity index (χ1) is 14.4. The molecule has 1 saturated heterocycles. The molecule has 2 unspecified atom stereocenters. The minimum Gasteiger partial charge on any atom is -0.354 e. The van der Waals surface area contributed by atoms with E-state index >= 15 is 0 Å². The molecule has 2 heterocycles. The van der Waals surface area contributed by atoms with Gasteiger partial charge < -0.3 is 10.2 Å². The second-order valence-corrected chi connectivity index (χ2v) is 9.66. The van der Waals surface area contributed by atoms with Crippen molar-refractivity contribution in [3.63, 3.8) is 0 Å². The SMILES string of the molecule is CC(C)CC1SCC(C(=O)NCCc2ccccn2)N1C(=O)c1ccc(Cl)c(Cl)c1. The number of hydrogen-bond acceptors (Lipinski definition) is 4. The molecule has 1 fully saturated rings. The fourth-order valence-electron chi connectivity index (χ4n) is 3.38. The summed E-state index contributed by atoms with van der Waals surface area (Å²) in [5.74, 6) is 0.629. The molecular weight excluding hydrogens is 441 g/mol. The zero-order valence-electron chi connectivity index (χ0n) is 17.0. The molecule has 1 aliphatic heterocycles. The van der Waals surface area contributed by atoms with Gasteiger partial charge in [-0.1, -0.05) is 43.1 Å². The molecular formula is C22H25Cl2N3O2S. The standard InChI is InChI=1S/C22H25Cl2N3O2S/c1-14(2)11-20-27(22(29)15-6-7-17(23)18(24)12-15)19(13-30-20)21(28)26-10-8-16-5-3-4-9-25-16/h3-7,9,12,14,19-20H,8,10-11,13H2,1-2H3,(H,26,28). The number of halogens is 2. The maximum Gasteiger partial charge on any atom is 0.255 e. The molecule has 2 aromatic rings. The van der Waals surface area contributed by atoms with E-state index in [9.17, 15) is 9.59 Å². The number of hydrogen-bond donors (Lipinski definition) is 1. The Bertz CT molecular complexity index is 895. The number of amides is 2. The highest BCUT2D eigenvalue weighted by Crippen LogP contribution is 2.35. The lowest BCUT2D eigenvalue weighted by molar-refractivity contribution is -0.124. The van der Waals surface area contributed by atoms with Crippen molar-refractivity contribution < 1.29 is 9.59 Å². The van der Waals surface area contributed by atoms with Gasteiger partial charge in [0.25, 0.3) is 5.91 Å². The van der Waals surface area contributed by atoms with Crippen molar-refractivity contribution in [3.05, 3.63) is 63.9 Å².